The molecule has 4 nitrogen and oxygen atoms in total. The van der Waals surface area contributed by atoms with Crippen molar-refractivity contribution in [1.82, 2.24) is 9.80 Å². The third kappa shape index (κ3) is 3.43. The molecule has 0 bridgehead atoms. The number of aromatic hydroxyl groups is 1. The normalized spacial score (nSPS) is 16.0. The summed E-state index contributed by atoms with van der Waals surface area (Å²) in [6.45, 7) is 3.87. The van der Waals surface area contributed by atoms with Crippen LogP contribution in [-0.4, -0.2) is 47.0 Å². The molecule has 1 aromatic carbocycles. The van der Waals surface area contributed by atoms with Crippen molar-refractivity contribution < 1.29 is 9.90 Å². The highest BCUT2D eigenvalue weighted by Crippen LogP contribution is 2.23. The van der Waals surface area contributed by atoms with Gasteiger partial charge in [0.05, 0.1) is 9.90 Å². The van der Waals surface area contributed by atoms with E-state index >= 15 is 0 Å². The molecule has 3 rings (SSSR count). The third-order valence-electron chi connectivity index (χ3n) is 3.80. The number of carbonyl (C=O) groups excluding carboxylic acids is 1. The molecule has 0 aliphatic carbocycles. The molecule has 1 saturated heterocycles. The highest BCUT2D eigenvalue weighted by molar-refractivity contribution is 7.16. The van der Waals surface area contributed by atoms with Crippen LogP contribution >= 0.6 is 22.9 Å². The Balaban J connectivity index is 1.57. The van der Waals surface area contributed by atoms with Crippen molar-refractivity contribution >= 4 is 28.8 Å². The summed E-state index contributed by atoms with van der Waals surface area (Å²) in [6, 6.07) is 10.7. The monoisotopic (exact) mass is 336 g/mol. The highest BCUT2D eigenvalue weighted by Gasteiger charge is 2.23. The molecule has 1 aliphatic rings. The third-order valence-corrected chi connectivity index (χ3v) is 5.02. The van der Waals surface area contributed by atoms with Gasteiger partial charge in [-0.2, -0.15) is 0 Å². The van der Waals surface area contributed by atoms with E-state index < -0.39 is 0 Å². The van der Waals surface area contributed by atoms with Gasteiger partial charge in [0.15, 0.2) is 0 Å². The smallest absolute Gasteiger partial charge is 0.257 e. The molecule has 2 heterocycles. The number of rotatable bonds is 3. The lowest BCUT2D eigenvalue weighted by molar-refractivity contribution is 0.0627. The predicted octanol–water partition coefficient (Wildman–Crippen LogP) is 3.07. The van der Waals surface area contributed by atoms with E-state index in [4.69, 9.17) is 11.6 Å². The second kappa shape index (κ2) is 6.69. The summed E-state index contributed by atoms with van der Waals surface area (Å²) in [6.07, 6.45) is 0. The van der Waals surface area contributed by atoms with E-state index in [2.05, 4.69) is 4.90 Å². The summed E-state index contributed by atoms with van der Waals surface area (Å²) in [5.74, 6) is -0.0555. The molecule has 2 aromatic rings. The van der Waals surface area contributed by atoms with Crippen molar-refractivity contribution in [3.8, 4) is 5.75 Å². The van der Waals surface area contributed by atoms with E-state index in [9.17, 15) is 9.90 Å². The second-order valence-electron chi connectivity index (χ2n) is 5.29. The molecule has 0 unspecified atom stereocenters. The summed E-state index contributed by atoms with van der Waals surface area (Å²) in [4.78, 5) is 17.8. The molecule has 1 fully saturated rings. The van der Waals surface area contributed by atoms with Gasteiger partial charge in [-0.3, -0.25) is 9.69 Å². The van der Waals surface area contributed by atoms with Crippen LogP contribution in [-0.2, 0) is 6.54 Å². The van der Waals surface area contributed by atoms with Crippen molar-refractivity contribution in [2.75, 3.05) is 26.2 Å². The predicted molar refractivity (Wildman–Crippen MR) is 88.6 cm³/mol. The molecule has 0 saturated carbocycles. The van der Waals surface area contributed by atoms with Gasteiger partial charge in [0, 0.05) is 37.6 Å². The van der Waals surface area contributed by atoms with Gasteiger partial charge in [-0.05, 0) is 24.3 Å². The molecular weight excluding hydrogens is 320 g/mol. The largest absolute Gasteiger partial charge is 0.507 e. The van der Waals surface area contributed by atoms with E-state index in [1.807, 2.05) is 12.1 Å². The Morgan fingerprint density at radius 3 is 2.50 bits per heavy atom. The Bertz CT molecular complexity index is 666. The Hall–Kier alpha value is -1.56. The number of piperazine rings is 1. The van der Waals surface area contributed by atoms with Gasteiger partial charge in [0.1, 0.15) is 5.75 Å². The zero-order valence-electron chi connectivity index (χ0n) is 12.0. The van der Waals surface area contributed by atoms with Gasteiger partial charge < -0.3 is 10.0 Å². The van der Waals surface area contributed by atoms with Gasteiger partial charge in [0.2, 0.25) is 0 Å². The first-order valence-electron chi connectivity index (χ1n) is 7.17. The highest BCUT2D eigenvalue weighted by atomic mass is 35.5. The molecule has 116 valence electrons. The molecule has 22 heavy (non-hydrogen) atoms. The number of carbonyl (C=O) groups is 1. The summed E-state index contributed by atoms with van der Waals surface area (Å²) in [7, 11) is 0. The molecule has 1 aliphatic heterocycles. The number of para-hydroxylation sites is 1. The number of phenolic OH excluding ortho intramolecular Hbond substituents is 1. The maximum absolute atomic E-state index is 12.4. The molecule has 1 aromatic heterocycles. The van der Waals surface area contributed by atoms with Crippen LogP contribution in [0.4, 0.5) is 0 Å². The molecule has 1 amide bonds. The maximum Gasteiger partial charge on any atom is 0.257 e. The first-order chi connectivity index (χ1) is 10.6. The van der Waals surface area contributed by atoms with Crippen LogP contribution in [0.5, 0.6) is 5.75 Å². The number of hydrogen-bond donors (Lipinski definition) is 1. The summed E-state index contributed by atoms with van der Waals surface area (Å²) in [5.41, 5.74) is 0.376. The standard InChI is InChI=1S/C16H17ClN2O2S/c17-15-6-5-12(22-15)11-18-7-9-19(10-8-18)16(21)13-3-1-2-4-14(13)20/h1-6,20H,7-11H2. The van der Waals surface area contributed by atoms with Crippen molar-refractivity contribution in [1.29, 1.82) is 0 Å². The number of nitrogens with zero attached hydrogens (tertiary/aromatic N) is 2. The van der Waals surface area contributed by atoms with E-state index in [0.29, 0.717) is 18.7 Å². The van der Waals surface area contributed by atoms with Crippen LogP contribution in [0.1, 0.15) is 15.2 Å². The molecule has 0 radical (unpaired) electrons. The number of thiophene rings is 1. The van der Waals surface area contributed by atoms with E-state index in [0.717, 1.165) is 24.0 Å². The van der Waals surface area contributed by atoms with Gasteiger partial charge in [-0.15, -0.1) is 11.3 Å². The van der Waals surface area contributed by atoms with Crippen molar-refractivity contribution in [3.63, 3.8) is 0 Å². The molecule has 0 atom stereocenters. The van der Waals surface area contributed by atoms with Crippen molar-refractivity contribution in [2.24, 2.45) is 0 Å². The second-order valence-corrected chi connectivity index (χ2v) is 7.09. The van der Waals surface area contributed by atoms with Crippen LogP contribution in [0, 0.1) is 0 Å². The maximum atomic E-state index is 12.4. The van der Waals surface area contributed by atoms with Crippen molar-refractivity contribution in [2.45, 2.75) is 6.54 Å². The molecular formula is C16H17ClN2O2S. The Morgan fingerprint density at radius 1 is 1.14 bits per heavy atom. The number of phenols is 1. The first-order valence-corrected chi connectivity index (χ1v) is 8.37. The zero-order valence-corrected chi connectivity index (χ0v) is 13.6. The van der Waals surface area contributed by atoms with Gasteiger partial charge in [0.25, 0.3) is 5.91 Å². The summed E-state index contributed by atoms with van der Waals surface area (Å²) < 4.78 is 0.809. The fraction of sp³-hybridized carbons (Fsp3) is 0.312. The quantitative estimate of drug-likeness (QED) is 0.936. The Morgan fingerprint density at radius 2 is 1.86 bits per heavy atom. The van der Waals surface area contributed by atoms with Gasteiger partial charge in [-0.1, -0.05) is 23.7 Å². The van der Waals surface area contributed by atoms with Crippen LogP contribution in [0.3, 0.4) is 0 Å². The lowest BCUT2D eigenvalue weighted by Gasteiger charge is -2.34. The number of hydrogen-bond acceptors (Lipinski definition) is 4. The van der Waals surface area contributed by atoms with Crippen molar-refractivity contribution in [3.05, 3.63) is 51.2 Å². The summed E-state index contributed by atoms with van der Waals surface area (Å²) in [5, 5.41) is 9.79. The summed E-state index contributed by atoms with van der Waals surface area (Å²) >= 11 is 7.55. The topological polar surface area (TPSA) is 43.8 Å². The van der Waals surface area contributed by atoms with Gasteiger partial charge >= 0.3 is 0 Å². The lowest BCUT2D eigenvalue weighted by Crippen LogP contribution is -2.48. The van der Waals surface area contributed by atoms with Crippen LogP contribution in [0.2, 0.25) is 4.34 Å². The van der Waals surface area contributed by atoms with E-state index in [1.165, 1.54) is 4.88 Å². The average Bonchev–Trinajstić information content (AvgIpc) is 2.93. The fourth-order valence-corrected chi connectivity index (χ4v) is 3.72. The molecule has 0 spiro atoms. The van der Waals surface area contributed by atoms with Gasteiger partial charge in [-0.25, -0.2) is 0 Å². The minimum absolute atomic E-state index is 0.0446. The Kier molecular flexibility index (Phi) is 4.66. The molecule has 6 heteroatoms. The fourth-order valence-electron chi connectivity index (χ4n) is 2.59. The lowest BCUT2D eigenvalue weighted by atomic mass is 10.1. The minimum atomic E-state index is -0.100. The van der Waals surface area contributed by atoms with Crippen LogP contribution in [0.25, 0.3) is 0 Å². The Labute approximate surface area is 138 Å². The van der Waals surface area contributed by atoms with E-state index in [1.54, 1.807) is 40.5 Å². The number of halogens is 1. The number of amides is 1. The zero-order chi connectivity index (χ0) is 15.5. The number of benzene rings is 1. The van der Waals surface area contributed by atoms with Crippen LogP contribution in [0.15, 0.2) is 36.4 Å². The first kappa shape index (κ1) is 15.3. The van der Waals surface area contributed by atoms with E-state index in [-0.39, 0.29) is 11.7 Å². The van der Waals surface area contributed by atoms with Crippen LogP contribution < -0.4 is 0 Å². The average molecular weight is 337 g/mol. The molecule has 1 N–H and O–H groups in total. The SMILES string of the molecule is O=C(c1ccccc1O)N1CCN(Cc2ccc(Cl)s2)CC1. The minimum Gasteiger partial charge on any atom is -0.507 e.